The number of carbonyl (C=O) groups is 2. The molecule has 0 fully saturated rings. The number of hydrogen-bond acceptors (Lipinski definition) is 4. The fourth-order valence-corrected chi connectivity index (χ4v) is 0.143. The number of rotatable bonds is 3. The first-order valence-electron chi connectivity index (χ1n) is 3.28. The van der Waals surface area contributed by atoms with Crippen LogP contribution in [-0.2, 0) is 19.7 Å². The van der Waals surface area contributed by atoms with Crippen molar-refractivity contribution < 1.29 is 32.8 Å². The predicted molar refractivity (Wildman–Crippen MR) is 63.6 cm³/mol. The molecule has 0 heterocycles. The summed E-state index contributed by atoms with van der Waals surface area (Å²) in [5.74, 6) is -2.72. The Kier molecular flexibility index (Phi) is 23.9. The Balaban J connectivity index is -0.0000000825. The molecule has 90 valence electrons. The van der Waals surface area contributed by atoms with Crippen molar-refractivity contribution in [3.63, 3.8) is 0 Å². The molecule has 0 aliphatic rings. The van der Waals surface area contributed by atoms with E-state index in [4.69, 9.17) is 14.8 Å². The second-order valence-corrected chi connectivity index (χ2v) is 3.62. The average Bonchev–Trinajstić information content (AvgIpc) is 2.01. The van der Waals surface area contributed by atoms with Crippen LogP contribution in [0.4, 0.5) is 0 Å². The maximum atomic E-state index is 9.56. The first kappa shape index (κ1) is 26.2. The van der Waals surface area contributed by atoms with E-state index in [1.54, 1.807) is 0 Å². The van der Waals surface area contributed by atoms with Gasteiger partial charge in [0.15, 0.2) is 0 Å². The monoisotopic (exact) mass is 406 g/mol. The van der Waals surface area contributed by atoms with E-state index in [0.29, 0.717) is 12.2 Å². The van der Waals surface area contributed by atoms with E-state index in [0.717, 1.165) is 0 Å². The average molecular weight is 405 g/mol. The van der Waals surface area contributed by atoms with Crippen LogP contribution in [0.25, 0.3) is 0 Å². The predicted octanol–water partition coefficient (Wildman–Crippen LogP) is -2.23. The van der Waals surface area contributed by atoms with Crippen LogP contribution >= 0.6 is 0 Å². The molecule has 0 amide bonds. The van der Waals surface area contributed by atoms with Crippen LogP contribution in [-0.4, -0.2) is 132 Å². The molecule has 0 spiro atoms. The van der Waals surface area contributed by atoms with Gasteiger partial charge < -0.3 is 10.2 Å². The van der Waals surface area contributed by atoms with Gasteiger partial charge in [0.05, 0.1) is 5.75 Å². The molecule has 0 aliphatic carbocycles. The van der Waals surface area contributed by atoms with Gasteiger partial charge in [0.25, 0.3) is 10.1 Å². The molecule has 0 rings (SSSR count). The van der Waals surface area contributed by atoms with E-state index in [1.165, 1.54) is 6.92 Å². The number of aliphatic carboxylic acids is 2. The minimum atomic E-state index is -3.66. The molecular formula is C6H14O7SSr2. The van der Waals surface area contributed by atoms with Crippen molar-refractivity contribution in [2.75, 3.05) is 5.75 Å². The van der Waals surface area contributed by atoms with E-state index in [1.807, 2.05) is 0 Å². The van der Waals surface area contributed by atoms with Gasteiger partial charge in [0.2, 0.25) is 0 Å². The van der Waals surface area contributed by atoms with Crippen LogP contribution < -0.4 is 0 Å². The van der Waals surface area contributed by atoms with Crippen LogP contribution in [0.1, 0.15) is 6.92 Å². The summed E-state index contributed by atoms with van der Waals surface area (Å²) in [5.41, 5.74) is 0. The first-order valence-corrected chi connectivity index (χ1v) is 4.89. The van der Waals surface area contributed by atoms with E-state index in [-0.39, 0.29) is 96.7 Å². The molecule has 0 atom stereocenters. The Morgan fingerprint density at radius 2 is 1.25 bits per heavy atom. The van der Waals surface area contributed by atoms with Gasteiger partial charge in [-0.15, -0.1) is 0 Å². The number of hydrogen-bond donors (Lipinski definition) is 3. The van der Waals surface area contributed by atoms with Gasteiger partial charge in [0, 0.05) is 12.2 Å². The van der Waals surface area contributed by atoms with Gasteiger partial charge in [-0.2, -0.15) is 8.42 Å². The van der Waals surface area contributed by atoms with Crippen molar-refractivity contribution in [2.24, 2.45) is 0 Å². The third-order valence-electron chi connectivity index (χ3n) is 0.733. The van der Waals surface area contributed by atoms with Gasteiger partial charge in [-0.3, -0.25) is 4.55 Å². The van der Waals surface area contributed by atoms with Gasteiger partial charge in [-0.1, -0.05) is 0 Å². The summed E-state index contributed by atoms with van der Waals surface area (Å²) < 4.78 is 26.9. The molecule has 7 nitrogen and oxygen atoms in total. The number of carboxylic acids is 2. The molecular weight excluding hydrogens is 391 g/mol. The second kappa shape index (κ2) is 14.6. The van der Waals surface area contributed by atoms with Crippen molar-refractivity contribution >= 4 is 113 Å². The number of carboxylic acid groups (broad SMARTS) is 2. The molecule has 0 aliphatic heterocycles. The molecule has 0 saturated heterocycles. The molecule has 3 N–H and O–H groups in total. The van der Waals surface area contributed by atoms with Gasteiger partial charge in [0.1, 0.15) is 0 Å². The quantitative estimate of drug-likeness (QED) is 0.275. The van der Waals surface area contributed by atoms with E-state index < -0.39 is 22.1 Å². The van der Waals surface area contributed by atoms with Crippen molar-refractivity contribution in [3.05, 3.63) is 12.2 Å². The Labute approximate surface area is 167 Å². The van der Waals surface area contributed by atoms with Crippen molar-refractivity contribution in [1.82, 2.24) is 0 Å². The molecule has 0 aromatic carbocycles. The normalized spacial score (nSPS) is 9.12. The van der Waals surface area contributed by atoms with Crippen LogP contribution in [0.15, 0.2) is 12.2 Å². The first-order chi connectivity index (χ1) is 6.19. The third kappa shape index (κ3) is 36.1. The van der Waals surface area contributed by atoms with Gasteiger partial charge in [-0.25, -0.2) is 9.59 Å². The summed E-state index contributed by atoms with van der Waals surface area (Å²) >= 11 is 0. The van der Waals surface area contributed by atoms with Crippen molar-refractivity contribution in [2.45, 2.75) is 6.92 Å². The summed E-state index contributed by atoms with van der Waals surface area (Å²) in [6.07, 6.45) is 1.12. The summed E-state index contributed by atoms with van der Waals surface area (Å²) in [5, 5.41) is 15.6. The zero-order chi connectivity index (χ0) is 11.8. The van der Waals surface area contributed by atoms with Gasteiger partial charge >= 0.3 is 103 Å². The Hall–Kier alpha value is 1.55. The summed E-state index contributed by atoms with van der Waals surface area (Å²) in [4.78, 5) is 19.1. The van der Waals surface area contributed by atoms with Crippen LogP contribution in [0, 0.1) is 0 Å². The molecule has 0 saturated carbocycles. The SMILES string of the molecule is CCS(=O)(=O)O.O=C(O)C=CC(=O)O.[SrH2].[SrH2]. The van der Waals surface area contributed by atoms with Gasteiger partial charge in [-0.05, 0) is 6.92 Å². The maximum absolute atomic E-state index is 9.56. The zero-order valence-electron chi connectivity index (χ0n) is 7.24. The summed E-state index contributed by atoms with van der Waals surface area (Å²) in [6, 6.07) is 0. The topological polar surface area (TPSA) is 129 Å². The van der Waals surface area contributed by atoms with Crippen LogP contribution in [0.5, 0.6) is 0 Å². The summed E-state index contributed by atoms with van der Waals surface area (Å²) in [6.45, 7) is 1.37. The molecule has 0 aromatic rings. The van der Waals surface area contributed by atoms with Crippen molar-refractivity contribution in [1.29, 1.82) is 0 Å². The van der Waals surface area contributed by atoms with E-state index >= 15 is 0 Å². The van der Waals surface area contributed by atoms with Crippen LogP contribution in [0.2, 0.25) is 0 Å². The molecule has 10 heteroatoms. The van der Waals surface area contributed by atoms with Crippen LogP contribution in [0.3, 0.4) is 0 Å². The second-order valence-electron chi connectivity index (χ2n) is 1.88. The third-order valence-corrected chi connectivity index (χ3v) is 1.46. The Bertz CT molecular complexity index is 306. The Morgan fingerprint density at radius 3 is 1.31 bits per heavy atom. The fourth-order valence-electron chi connectivity index (χ4n) is 0.143. The molecule has 0 aromatic heterocycles. The van der Waals surface area contributed by atoms with E-state index in [2.05, 4.69) is 0 Å². The molecule has 0 unspecified atom stereocenters. The molecule has 0 bridgehead atoms. The zero-order valence-corrected chi connectivity index (χ0v) is 8.06. The molecule has 0 radical (unpaired) electrons. The van der Waals surface area contributed by atoms with E-state index in [9.17, 15) is 18.0 Å². The minimum absolute atomic E-state index is 0. The molecule has 16 heavy (non-hydrogen) atoms. The fraction of sp³-hybridized carbons (Fsp3) is 0.333. The Morgan fingerprint density at radius 1 is 1.06 bits per heavy atom. The summed E-state index contributed by atoms with van der Waals surface area (Å²) in [7, 11) is -3.66. The van der Waals surface area contributed by atoms with Crippen molar-refractivity contribution in [3.8, 4) is 0 Å². The standard InChI is InChI=1S/C4H4O4.C2H6O3S.2Sr.4H/c5-3(6)1-2-4(7)8;1-2-6(3,4)5;;;;;;/h1-2H,(H,5,6)(H,7,8);2H2,1H3,(H,3,4,5);;;;;;.